The molecule has 3 rings (SSSR count). The van der Waals surface area contributed by atoms with E-state index in [4.69, 9.17) is 0 Å². The van der Waals surface area contributed by atoms with Crippen molar-refractivity contribution in [1.82, 2.24) is 20.0 Å². The van der Waals surface area contributed by atoms with E-state index in [1.807, 2.05) is 6.20 Å². The molecule has 0 radical (unpaired) electrons. The number of rotatable bonds is 5. The van der Waals surface area contributed by atoms with Gasteiger partial charge in [-0.15, -0.1) is 12.4 Å². The van der Waals surface area contributed by atoms with Crippen molar-refractivity contribution >= 4 is 12.4 Å². The highest BCUT2D eigenvalue weighted by molar-refractivity contribution is 5.85. The predicted molar refractivity (Wildman–Crippen MR) is 84.2 cm³/mol. The van der Waals surface area contributed by atoms with Gasteiger partial charge in [-0.25, -0.2) is 0 Å². The normalized spacial score (nSPS) is 28.6. The standard InChI is InChI=1S/C15H26N4.ClH/c1-3-6-19-11-12(9-16-19)10-18(2)15-7-13-4-5-14(8-15)17-13;/h9,11,13-15,17H,3-8,10H2,1-2H3;1H. The van der Waals surface area contributed by atoms with Crippen LogP contribution in [0.4, 0.5) is 0 Å². The molecule has 0 amide bonds. The Balaban J connectivity index is 0.00000147. The minimum Gasteiger partial charge on any atom is -0.311 e. The summed E-state index contributed by atoms with van der Waals surface area (Å²) in [5, 5.41) is 8.14. The highest BCUT2D eigenvalue weighted by atomic mass is 35.5. The molecule has 2 unspecified atom stereocenters. The van der Waals surface area contributed by atoms with Crippen molar-refractivity contribution in [2.45, 2.75) is 70.2 Å². The van der Waals surface area contributed by atoms with E-state index in [0.29, 0.717) is 0 Å². The lowest BCUT2D eigenvalue weighted by Crippen LogP contribution is -2.46. The third-order valence-corrected chi connectivity index (χ3v) is 4.64. The summed E-state index contributed by atoms with van der Waals surface area (Å²) in [5.74, 6) is 0. The molecule has 3 heterocycles. The number of aryl methyl sites for hydroxylation is 1. The second-order valence-electron chi connectivity index (χ2n) is 6.29. The molecule has 2 saturated heterocycles. The smallest absolute Gasteiger partial charge is 0.0534 e. The molecule has 0 saturated carbocycles. The van der Waals surface area contributed by atoms with Gasteiger partial charge in [-0.05, 0) is 39.2 Å². The fraction of sp³-hybridized carbons (Fsp3) is 0.800. The average Bonchev–Trinajstić information content (AvgIpc) is 2.97. The van der Waals surface area contributed by atoms with E-state index in [-0.39, 0.29) is 12.4 Å². The zero-order valence-corrected chi connectivity index (χ0v) is 13.4. The Morgan fingerprint density at radius 1 is 1.35 bits per heavy atom. The summed E-state index contributed by atoms with van der Waals surface area (Å²) in [5.41, 5.74) is 1.35. The van der Waals surface area contributed by atoms with Crippen LogP contribution in [0.25, 0.3) is 0 Å². The van der Waals surface area contributed by atoms with E-state index in [2.05, 4.69) is 40.2 Å². The summed E-state index contributed by atoms with van der Waals surface area (Å²) in [7, 11) is 2.27. The van der Waals surface area contributed by atoms with E-state index < -0.39 is 0 Å². The number of fused-ring (bicyclic) bond motifs is 2. The Hall–Kier alpha value is -0.580. The zero-order chi connectivity index (χ0) is 13.2. The predicted octanol–water partition coefficient (Wildman–Crippen LogP) is 2.43. The SMILES string of the molecule is CCCn1cc(CN(C)C2CC3CCC(C2)N3)cn1.Cl. The number of nitrogens with one attached hydrogen (secondary N) is 1. The van der Waals surface area contributed by atoms with Crippen molar-refractivity contribution in [2.75, 3.05) is 7.05 Å². The van der Waals surface area contributed by atoms with Crippen LogP contribution in [-0.4, -0.2) is 39.9 Å². The molecule has 5 heteroatoms. The lowest BCUT2D eigenvalue weighted by Gasteiger charge is -2.35. The van der Waals surface area contributed by atoms with Crippen LogP contribution >= 0.6 is 12.4 Å². The molecule has 2 fully saturated rings. The summed E-state index contributed by atoms with van der Waals surface area (Å²) >= 11 is 0. The van der Waals surface area contributed by atoms with Gasteiger partial charge in [0.05, 0.1) is 6.20 Å². The zero-order valence-electron chi connectivity index (χ0n) is 12.6. The molecule has 114 valence electrons. The molecule has 1 N–H and O–H groups in total. The van der Waals surface area contributed by atoms with E-state index in [9.17, 15) is 0 Å². The van der Waals surface area contributed by atoms with Crippen molar-refractivity contribution in [2.24, 2.45) is 0 Å². The largest absolute Gasteiger partial charge is 0.311 e. The number of hydrogen-bond donors (Lipinski definition) is 1. The van der Waals surface area contributed by atoms with Gasteiger partial charge in [0, 0.05) is 43.0 Å². The topological polar surface area (TPSA) is 33.1 Å². The van der Waals surface area contributed by atoms with Crippen molar-refractivity contribution in [3.63, 3.8) is 0 Å². The summed E-state index contributed by atoms with van der Waals surface area (Å²) in [6.07, 6.45) is 10.8. The van der Waals surface area contributed by atoms with Gasteiger partial charge in [0.25, 0.3) is 0 Å². The molecule has 2 atom stereocenters. The highest BCUT2D eigenvalue weighted by Gasteiger charge is 2.34. The molecule has 4 nitrogen and oxygen atoms in total. The van der Waals surface area contributed by atoms with Crippen LogP contribution in [0.15, 0.2) is 12.4 Å². The Morgan fingerprint density at radius 2 is 2.05 bits per heavy atom. The molecule has 0 aliphatic carbocycles. The first-order chi connectivity index (χ1) is 9.24. The van der Waals surface area contributed by atoms with Crippen molar-refractivity contribution in [3.05, 3.63) is 18.0 Å². The number of hydrogen-bond acceptors (Lipinski definition) is 3. The molecule has 2 bridgehead atoms. The second kappa shape index (κ2) is 6.92. The highest BCUT2D eigenvalue weighted by Crippen LogP contribution is 2.29. The molecule has 2 aliphatic heterocycles. The Labute approximate surface area is 128 Å². The summed E-state index contributed by atoms with van der Waals surface area (Å²) in [6.45, 7) is 4.26. The fourth-order valence-corrected chi connectivity index (χ4v) is 3.64. The van der Waals surface area contributed by atoms with Gasteiger partial charge in [0.2, 0.25) is 0 Å². The third-order valence-electron chi connectivity index (χ3n) is 4.64. The van der Waals surface area contributed by atoms with Crippen molar-refractivity contribution < 1.29 is 0 Å². The van der Waals surface area contributed by atoms with Crippen LogP contribution < -0.4 is 5.32 Å². The first-order valence-electron chi connectivity index (χ1n) is 7.72. The quantitative estimate of drug-likeness (QED) is 0.906. The van der Waals surface area contributed by atoms with E-state index in [1.54, 1.807) is 0 Å². The van der Waals surface area contributed by atoms with Gasteiger partial charge < -0.3 is 5.32 Å². The Bertz CT molecular complexity index is 408. The summed E-state index contributed by atoms with van der Waals surface area (Å²) < 4.78 is 2.06. The monoisotopic (exact) mass is 298 g/mol. The number of halogens is 1. The van der Waals surface area contributed by atoms with Crippen molar-refractivity contribution in [1.29, 1.82) is 0 Å². The van der Waals surface area contributed by atoms with Gasteiger partial charge >= 0.3 is 0 Å². The van der Waals surface area contributed by atoms with Crippen LogP contribution in [0.3, 0.4) is 0 Å². The summed E-state index contributed by atoms with van der Waals surface area (Å²) in [4.78, 5) is 2.53. The number of aromatic nitrogens is 2. The minimum absolute atomic E-state index is 0. The van der Waals surface area contributed by atoms with E-state index in [1.165, 1.54) is 31.2 Å². The van der Waals surface area contributed by atoms with E-state index in [0.717, 1.165) is 37.6 Å². The van der Waals surface area contributed by atoms with Crippen molar-refractivity contribution in [3.8, 4) is 0 Å². The molecule has 1 aromatic rings. The molecular formula is C15H27ClN4. The molecule has 20 heavy (non-hydrogen) atoms. The van der Waals surface area contributed by atoms with Gasteiger partial charge in [-0.3, -0.25) is 9.58 Å². The maximum absolute atomic E-state index is 4.42. The lowest BCUT2D eigenvalue weighted by atomic mass is 9.98. The van der Waals surface area contributed by atoms with Gasteiger partial charge in [0.15, 0.2) is 0 Å². The number of piperidine rings is 1. The fourth-order valence-electron chi connectivity index (χ4n) is 3.64. The Morgan fingerprint density at radius 3 is 2.70 bits per heavy atom. The van der Waals surface area contributed by atoms with Crippen LogP contribution in [0.1, 0.15) is 44.6 Å². The first kappa shape index (κ1) is 15.8. The molecule has 1 aromatic heterocycles. The minimum atomic E-state index is 0. The van der Waals surface area contributed by atoms with Gasteiger partial charge in [-0.2, -0.15) is 5.10 Å². The van der Waals surface area contributed by atoms with Crippen LogP contribution in [-0.2, 0) is 13.1 Å². The van der Waals surface area contributed by atoms with Crippen LogP contribution in [0, 0.1) is 0 Å². The van der Waals surface area contributed by atoms with E-state index >= 15 is 0 Å². The van der Waals surface area contributed by atoms with Crippen LogP contribution in [0.2, 0.25) is 0 Å². The van der Waals surface area contributed by atoms with Gasteiger partial charge in [0.1, 0.15) is 0 Å². The first-order valence-corrected chi connectivity index (χ1v) is 7.72. The number of nitrogens with zero attached hydrogens (tertiary/aromatic N) is 3. The second-order valence-corrected chi connectivity index (χ2v) is 6.29. The molecule has 0 spiro atoms. The maximum atomic E-state index is 4.42. The Kier molecular flexibility index (Phi) is 5.47. The average molecular weight is 299 g/mol. The summed E-state index contributed by atoms with van der Waals surface area (Å²) in [6, 6.07) is 2.29. The van der Waals surface area contributed by atoms with Crippen LogP contribution in [0.5, 0.6) is 0 Å². The third kappa shape index (κ3) is 3.54. The molecule has 0 aromatic carbocycles. The van der Waals surface area contributed by atoms with Gasteiger partial charge in [-0.1, -0.05) is 6.92 Å². The molecule has 2 aliphatic rings. The molecular weight excluding hydrogens is 272 g/mol. The maximum Gasteiger partial charge on any atom is 0.0534 e. The lowest BCUT2D eigenvalue weighted by molar-refractivity contribution is 0.166.